The lowest BCUT2D eigenvalue weighted by atomic mass is 10.3. The molecule has 0 N–H and O–H groups in total. The van der Waals surface area contributed by atoms with E-state index in [1.54, 1.807) is 10.9 Å². The lowest BCUT2D eigenvalue weighted by Crippen LogP contribution is -1.98. The molecule has 3 aromatic rings. The van der Waals surface area contributed by atoms with Crippen LogP contribution >= 0.6 is 24.2 Å². The number of benzene rings is 1. The number of rotatable bonds is 3. The highest BCUT2D eigenvalue weighted by atomic mass is 35.5. The summed E-state index contributed by atoms with van der Waals surface area (Å²) in [5, 5.41) is 17.8. The zero-order chi connectivity index (χ0) is 14.1. The Morgan fingerprint density at radius 2 is 2.20 bits per heavy atom. The molecular formula is C12H11ClN6S. The van der Waals surface area contributed by atoms with Crippen LogP contribution in [0.3, 0.4) is 0 Å². The largest absolute Gasteiger partial charge is 0.227 e. The van der Waals surface area contributed by atoms with Crippen LogP contribution in [0.4, 0.5) is 0 Å². The first-order chi connectivity index (χ1) is 9.69. The number of halogens is 1. The van der Waals surface area contributed by atoms with Gasteiger partial charge in [-0.15, -0.1) is 22.8 Å². The molecule has 0 saturated carbocycles. The van der Waals surface area contributed by atoms with Crippen LogP contribution in [-0.2, 0) is 6.54 Å². The van der Waals surface area contributed by atoms with Gasteiger partial charge in [0.15, 0.2) is 0 Å². The second-order valence-corrected chi connectivity index (χ2v) is 4.94. The molecule has 0 saturated heterocycles. The average molecular weight is 307 g/mol. The minimum absolute atomic E-state index is 0.505. The van der Waals surface area contributed by atoms with Crippen LogP contribution < -0.4 is 0 Å². The minimum Gasteiger partial charge on any atom is -0.227 e. The lowest BCUT2D eigenvalue weighted by molar-refractivity contribution is 0.552. The number of tetrazole rings is 1. The van der Waals surface area contributed by atoms with Crippen molar-refractivity contribution >= 4 is 24.2 Å². The average Bonchev–Trinajstić information content (AvgIpc) is 3.04. The van der Waals surface area contributed by atoms with Gasteiger partial charge in [0.05, 0.1) is 24.0 Å². The Balaban J connectivity index is 2.04. The molecule has 2 aromatic heterocycles. The van der Waals surface area contributed by atoms with Crippen LogP contribution in [0.15, 0.2) is 35.5 Å². The Kier molecular flexibility index (Phi) is 3.45. The molecular weight excluding hydrogens is 296 g/mol. The molecule has 0 spiro atoms. The molecule has 2 heterocycles. The SMILES string of the molecule is CCn1nnc(-c2cnn(-c3cccc(Cl)c3)c2S)n1. The Labute approximate surface area is 125 Å². The third-order valence-electron chi connectivity index (χ3n) is 2.77. The van der Waals surface area contributed by atoms with Crippen molar-refractivity contribution in [2.24, 2.45) is 0 Å². The van der Waals surface area contributed by atoms with Crippen molar-refractivity contribution < 1.29 is 0 Å². The molecule has 20 heavy (non-hydrogen) atoms. The van der Waals surface area contributed by atoms with E-state index in [1.165, 1.54) is 4.80 Å². The predicted octanol–water partition coefficient (Wildman–Crippen LogP) is 2.49. The van der Waals surface area contributed by atoms with Crippen molar-refractivity contribution in [3.8, 4) is 17.1 Å². The van der Waals surface area contributed by atoms with E-state index in [0.717, 1.165) is 11.3 Å². The quantitative estimate of drug-likeness (QED) is 0.755. The lowest BCUT2D eigenvalue weighted by Gasteiger charge is -2.04. The van der Waals surface area contributed by atoms with Gasteiger partial charge in [0.25, 0.3) is 0 Å². The molecule has 1 aromatic carbocycles. The molecule has 0 aliphatic carbocycles. The van der Waals surface area contributed by atoms with E-state index in [4.69, 9.17) is 11.6 Å². The predicted molar refractivity (Wildman–Crippen MR) is 78.3 cm³/mol. The summed E-state index contributed by atoms with van der Waals surface area (Å²) in [6, 6.07) is 7.38. The molecule has 6 nitrogen and oxygen atoms in total. The fraction of sp³-hybridized carbons (Fsp3) is 0.167. The van der Waals surface area contributed by atoms with Gasteiger partial charge in [0.1, 0.15) is 5.03 Å². The Hall–Kier alpha value is -1.86. The van der Waals surface area contributed by atoms with Crippen LogP contribution in [0.2, 0.25) is 5.02 Å². The van der Waals surface area contributed by atoms with Crippen molar-refractivity contribution in [3.63, 3.8) is 0 Å². The van der Waals surface area contributed by atoms with Crippen molar-refractivity contribution in [1.29, 1.82) is 0 Å². The second-order valence-electron chi connectivity index (χ2n) is 4.08. The third kappa shape index (κ3) is 2.30. The van der Waals surface area contributed by atoms with Crippen LogP contribution in [-0.4, -0.2) is 30.0 Å². The van der Waals surface area contributed by atoms with Gasteiger partial charge in [-0.25, -0.2) is 4.68 Å². The molecule has 3 rings (SSSR count). The molecule has 0 bridgehead atoms. The third-order valence-corrected chi connectivity index (χ3v) is 3.44. The zero-order valence-corrected chi connectivity index (χ0v) is 12.3. The second kappa shape index (κ2) is 5.26. The standard InChI is InChI=1S/C12H11ClN6S/c1-2-18-16-11(15-17-18)10-7-14-19(12(10)20)9-5-3-4-8(13)6-9/h3-7,20H,2H2,1H3. The molecule has 0 amide bonds. The van der Waals surface area contributed by atoms with Crippen LogP contribution in [0.5, 0.6) is 0 Å². The molecule has 0 radical (unpaired) electrons. The van der Waals surface area contributed by atoms with E-state index >= 15 is 0 Å². The summed E-state index contributed by atoms with van der Waals surface area (Å²) in [5.74, 6) is 0.505. The maximum absolute atomic E-state index is 5.99. The van der Waals surface area contributed by atoms with E-state index < -0.39 is 0 Å². The maximum atomic E-state index is 5.99. The summed E-state index contributed by atoms with van der Waals surface area (Å²) in [6.45, 7) is 2.61. The minimum atomic E-state index is 0.505. The van der Waals surface area contributed by atoms with E-state index in [1.807, 2.05) is 31.2 Å². The normalized spacial score (nSPS) is 10.9. The smallest absolute Gasteiger partial charge is 0.209 e. The maximum Gasteiger partial charge on any atom is 0.209 e. The molecule has 0 fully saturated rings. The van der Waals surface area contributed by atoms with Crippen LogP contribution in [0.1, 0.15) is 6.92 Å². The Morgan fingerprint density at radius 1 is 1.35 bits per heavy atom. The Bertz CT molecular complexity index is 750. The van der Waals surface area contributed by atoms with Gasteiger partial charge in [-0.2, -0.15) is 9.90 Å². The van der Waals surface area contributed by atoms with Crippen molar-refractivity contribution in [2.45, 2.75) is 18.5 Å². The zero-order valence-electron chi connectivity index (χ0n) is 10.6. The molecule has 0 aliphatic rings. The molecule has 102 valence electrons. The van der Waals surface area contributed by atoms with E-state index in [9.17, 15) is 0 Å². The van der Waals surface area contributed by atoms with Crippen molar-refractivity contribution in [1.82, 2.24) is 30.0 Å². The van der Waals surface area contributed by atoms with Gasteiger partial charge in [-0.3, -0.25) is 0 Å². The number of nitrogens with zero attached hydrogens (tertiary/aromatic N) is 6. The Morgan fingerprint density at radius 3 is 2.90 bits per heavy atom. The number of aromatic nitrogens is 6. The van der Waals surface area contributed by atoms with Gasteiger partial charge in [-0.05, 0) is 30.3 Å². The van der Waals surface area contributed by atoms with Crippen molar-refractivity contribution in [3.05, 3.63) is 35.5 Å². The highest BCUT2D eigenvalue weighted by molar-refractivity contribution is 7.80. The topological polar surface area (TPSA) is 61.4 Å². The monoisotopic (exact) mass is 306 g/mol. The van der Waals surface area contributed by atoms with Crippen LogP contribution in [0, 0.1) is 0 Å². The first kappa shape index (κ1) is 13.1. The molecule has 0 aliphatic heterocycles. The summed E-state index contributed by atoms with van der Waals surface area (Å²) < 4.78 is 1.68. The first-order valence-electron chi connectivity index (χ1n) is 6.00. The fourth-order valence-corrected chi connectivity index (χ4v) is 2.29. The summed E-state index contributed by atoms with van der Waals surface area (Å²) in [6.07, 6.45) is 1.67. The molecule has 0 unspecified atom stereocenters. The summed E-state index contributed by atoms with van der Waals surface area (Å²) in [7, 11) is 0. The summed E-state index contributed by atoms with van der Waals surface area (Å²) >= 11 is 10.5. The van der Waals surface area contributed by atoms with E-state index in [2.05, 4.69) is 33.1 Å². The first-order valence-corrected chi connectivity index (χ1v) is 6.82. The highest BCUT2D eigenvalue weighted by Crippen LogP contribution is 2.26. The van der Waals surface area contributed by atoms with Gasteiger partial charge >= 0.3 is 0 Å². The summed E-state index contributed by atoms with van der Waals surface area (Å²) in [5.41, 5.74) is 1.56. The van der Waals surface area contributed by atoms with E-state index in [-0.39, 0.29) is 0 Å². The number of hydrogen-bond donors (Lipinski definition) is 1. The van der Waals surface area contributed by atoms with Crippen molar-refractivity contribution in [2.75, 3.05) is 0 Å². The molecule has 8 heteroatoms. The van der Waals surface area contributed by atoms with Gasteiger partial charge < -0.3 is 0 Å². The number of hydrogen-bond acceptors (Lipinski definition) is 5. The molecule has 0 atom stereocenters. The highest BCUT2D eigenvalue weighted by Gasteiger charge is 2.15. The van der Waals surface area contributed by atoms with E-state index in [0.29, 0.717) is 22.4 Å². The van der Waals surface area contributed by atoms with Gasteiger partial charge in [-0.1, -0.05) is 17.7 Å². The number of thiol groups is 1. The fourth-order valence-electron chi connectivity index (χ4n) is 1.78. The van der Waals surface area contributed by atoms with Gasteiger partial charge in [0, 0.05) is 5.02 Å². The summed E-state index contributed by atoms with van der Waals surface area (Å²) in [4.78, 5) is 1.51. The van der Waals surface area contributed by atoms with Gasteiger partial charge in [0.2, 0.25) is 5.82 Å². The number of aryl methyl sites for hydroxylation is 1. The van der Waals surface area contributed by atoms with Crippen LogP contribution in [0.25, 0.3) is 17.1 Å².